The van der Waals surface area contributed by atoms with E-state index in [1.807, 2.05) is 31.2 Å². The van der Waals surface area contributed by atoms with Crippen LogP contribution in [0.2, 0.25) is 10.0 Å². The number of sulfonamides is 1. The van der Waals surface area contributed by atoms with Crippen molar-refractivity contribution in [3.63, 3.8) is 0 Å². The molecule has 0 aliphatic heterocycles. The first-order valence-corrected chi connectivity index (χ1v) is 11.7. The average Bonchev–Trinajstić information content (AvgIpc) is 2.70. The number of aryl methyl sites for hydroxylation is 1. The lowest BCUT2D eigenvalue weighted by molar-refractivity contribution is -0.121. The number of nitrogens with zero attached hydrogens (tertiary/aromatic N) is 1. The van der Waals surface area contributed by atoms with E-state index in [9.17, 15) is 13.2 Å². The Morgan fingerprint density at radius 2 is 1.87 bits per heavy atom. The fourth-order valence-electron chi connectivity index (χ4n) is 2.90. The van der Waals surface area contributed by atoms with Gasteiger partial charge in [-0.1, -0.05) is 47.5 Å². The van der Waals surface area contributed by atoms with E-state index in [1.165, 1.54) is 25.3 Å². The highest BCUT2D eigenvalue weighted by Gasteiger charge is 2.27. The SMILES string of the molecule is COCCCN(CC(=O)NCCc1ccccc1C)S(=O)(=O)c1ccc(Cl)c(Cl)c1. The number of amides is 1. The molecule has 0 heterocycles. The molecule has 0 fully saturated rings. The second kappa shape index (κ2) is 11.7. The van der Waals surface area contributed by atoms with Gasteiger partial charge in [-0.05, 0) is 49.1 Å². The van der Waals surface area contributed by atoms with Crippen molar-refractivity contribution in [2.24, 2.45) is 0 Å². The molecule has 0 spiro atoms. The highest BCUT2D eigenvalue weighted by Crippen LogP contribution is 2.26. The van der Waals surface area contributed by atoms with Gasteiger partial charge in [0.2, 0.25) is 15.9 Å². The zero-order valence-electron chi connectivity index (χ0n) is 17.0. The van der Waals surface area contributed by atoms with E-state index in [0.29, 0.717) is 26.0 Å². The van der Waals surface area contributed by atoms with Gasteiger partial charge in [-0.2, -0.15) is 4.31 Å². The third-order valence-electron chi connectivity index (χ3n) is 4.58. The van der Waals surface area contributed by atoms with Crippen LogP contribution in [-0.2, 0) is 26.0 Å². The number of rotatable bonds is 11. The van der Waals surface area contributed by atoms with Crippen molar-refractivity contribution in [1.82, 2.24) is 9.62 Å². The monoisotopic (exact) mass is 472 g/mol. The van der Waals surface area contributed by atoms with E-state index in [4.69, 9.17) is 27.9 Å². The van der Waals surface area contributed by atoms with Crippen molar-refractivity contribution in [2.45, 2.75) is 24.7 Å². The molecule has 2 aromatic carbocycles. The Morgan fingerprint density at radius 3 is 2.53 bits per heavy atom. The van der Waals surface area contributed by atoms with Crippen LogP contribution >= 0.6 is 23.2 Å². The number of hydrogen-bond acceptors (Lipinski definition) is 4. The fraction of sp³-hybridized carbons (Fsp3) is 0.381. The van der Waals surface area contributed by atoms with Gasteiger partial charge < -0.3 is 10.1 Å². The lowest BCUT2D eigenvalue weighted by atomic mass is 10.1. The van der Waals surface area contributed by atoms with E-state index in [2.05, 4.69) is 5.32 Å². The topological polar surface area (TPSA) is 75.7 Å². The minimum Gasteiger partial charge on any atom is -0.385 e. The highest BCUT2D eigenvalue weighted by atomic mass is 35.5. The molecule has 2 aromatic rings. The van der Waals surface area contributed by atoms with Crippen molar-refractivity contribution in [3.8, 4) is 0 Å². The number of nitrogens with one attached hydrogen (secondary N) is 1. The molecule has 0 unspecified atom stereocenters. The molecule has 1 N–H and O–H groups in total. The minimum atomic E-state index is -3.93. The Morgan fingerprint density at radius 1 is 1.13 bits per heavy atom. The third-order valence-corrected chi connectivity index (χ3v) is 7.16. The van der Waals surface area contributed by atoms with Gasteiger partial charge in [-0.3, -0.25) is 4.79 Å². The number of hydrogen-bond donors (Lipinski definition) is 1. The predicted octanol–water partition coefficient (Wildman–Crippen LogP) is 3.69. The van der Waals surface area contributed by atoms with Crippen LogP contribution in [0.25, 0.3) is 0 Å². The van der Waals surface area contributed by atoms with Crippen molar-refractivity contribution < 1.29 is 17.9 Å². The van der Waals surface area contributed by atoms with Gasteiger partial charge in [0.15, 0.2) is 0 Å². The Bertz CT molecular complexity index is 967. The molecule has 0 aliphatic carbocycles. The summed E-state index contributed by atoms with van der Waals surface area (Å²) in [5, 5.41) is 3.20. The van der Waals surface area contributed by atoms with E-state index < -0.39 is 10.0 Å². The molecule has 0 atom stereocenters. The quantitative estimate of drug-likeness (QED) is 0.506. The fourth-order valence-corrected chi connectivity index (χ4v) is 4.72. The Kier molecular flexibility index (Phi) is 9.58. The molecule has 164 valence electrons. The average molecular weight is 473 g/mol. The summed E-state index contributed by atoms with van der Waals surface area (Å²) < 4.78 is 32.3. The number of halogens is 2. The maximum atomic E-state index is 13.1. The normalized spacial score (nSPS) is 11.6. The number of carbonyl (C=O) groups excluding carboxylic acids is 1. The van der Waals surface area contributed by atoms with E-state index in [1.54, 1.807) is 0 Å². The first-order valence-electron chi connectivity index (χ1n) is 9.51. The van der Waals surface area contributed by atoms with Gasteiger partial charge >= 0.3 is 0 Å². The van der Waals surface area contributed by atoms with E-state index >= 15 is 0 Å². The third kappa shape index (κ3) is 6.96. The van der Waals surface area contributed by atoms with E-state index in [-0.39, 0.29) is 33.9 Å². The van der Waals surface area contributed by atoms with Crippen molar-refractivity contribution >= 4 is 39.1 Å². The van der Waals surface area contributed by atoms with Crippen LogP contribution < -0.4 is 5.32 Å². The molecule has 1 amide bonds. The van der Waals surface area contributed by atoms with Crippen molar-refractivity contribution in [1.29, 1.82) is 0 Å². The van der Waals surface area contributed by atoms with Gasteiger partial charge in [0.05, 0.1) is 21.5 Å². The highest BCUT2D eigenvalue weighted by molar-refractivity contribution is 7.89. The molecule has 9 heteroatoms. The summed E-state index contributed by atoms with van der Waals surface area (Å²) in [6.07, 6.45) is 1.12. The number of methoxy groups -OCH3 is 1. The minimum absolute atomic E-state index is 0.0120. The second-order valence-corrected chi connectivity index (χ2v) is 9.54. The van der Waals surface area contributed by atoms with Gasteiger partial charge in [0.1, 0.15) is 0 Å². The standard InChI is InChI=1S/C21H26Cl2N2O4S/c1-16-6-3-4-7-17(16)10-11-24-21(26)15-25(12-5-13-29-2)30(27,28)18-8-9-19(22)20(23)14-18/h3-4,6-9,14H,5,10-13,15H2,1-2H3,(H,24,26). The zero-order valence-corrected chi connectivity index (χ0v) is 19.4. The molecule has 0 saturated heterocycles. The molecule has 0 radical (unpaired) electrons. The smallest absolute Gasteiger partial charge is 0.243 e. The summed E-state index contributed by atoms with van der Waals surface area (Å²) in [6.45, 7) is 2.66. The van der Waals surface area contributed by atoms with E-state index in [0.717, 1.165) is 15.4 Å². The molecule has 0 aromatic heterocycles. The van der Waals surface area contributed by atoms with Crippen LogP contribution in [0.5, 0.6) is 0 Å². The lowest BCUT2D eigenvalue weighted by Gasteiger charge is -2.22. The number of carbonyl (C=O) groups is 1. The van der Waals surface area contributed by atoms with Crippen LogP contribution in [0, 0.1) is 6.92 Å². The molecule has 0 aliphatic rings. The summed E-state index contributed by atoms with van der Waals surface area (Å²) in [4.78, 5) is 12.5. The molecule has 2 rings (SSSR count). The summed E-state index contributed by atoms with van der Waals surface area (Å²) >= 11 is 11.9. The largest absolute Gasteiger partial charge is 0.385 e. The molecular formula is C21H26Cl2N2O4S. The maximum absolute atomic E-state index is 13.1. The summed E-state index contributed by atoms with van der Waals surface area (Å²) in [6, 6.07) is 12.0. The van der Waals surface area contributed by atoms with Gasteiger partial charge in [0, 0.05) is 26.8 Å². The first kappa shape index (κ1) is 24.6. The summed E-state index contributed by atoms with van der Waals surface area (Å²) in [7, 11) is -2.39. The van der Waals surface area contributed by atoms with Gasteiger partial charge in [0.25, 0.3) is 0 Å². The first-order chi connectivity index (χ1) is 14.3. The predicted molar refractivity (Wildman–Crippen MR) is 120 cm³/mol. The van der Waals surface area contributed by atoms with Gasteiger partial charge in [-0.15, -0.1) is 0 Å². The Balaban J connectivity index is 2.06. The van der Waals surface area contributed by atoms with Gasteiger partial charge in [-0.25, -0.2) is 8.42 Å². The molecule has 0 saturated carbocycles. The Labute approximate surface area is 188 Å². The molecule has 6 nitrogen and oxygen atoms in total. The second-order valence-electron chi connectivity index (χ2n) is 6.79. The Hall–Kier alpha value is -1.64. The van der Waals surface area contributed by atoms with Crippen LogP contribution in [-0.4, -0.2) is 52.0 Å². The summed E-state index contributed by atoms with van der Waals surface area (Å²) in [5.74, 6) is -0.371. The van der Waals surface area contributed by atoms with Crippen molar-refractivity contribution in [2.75, 3.05) is 33.4 Å². The van der Waals surface area contributed by atoms with Crippen LogP contribution in [0.4, 0.5) is 0 Å². The molecule has 30 heavy (non-hydrogen) atoms. The van der Waals surface area contributed by atoms with Crippen LogP contribution in [0.15, 0.2) is 47.4 Å². The van der Waals surface area contributed by atoms with Crippen molar-refractivity contribution in [3.05, 3.63) is 63.6 Å². The molecule has 0 bridgehead atoms. The number of ether oxygens (including phenoxy) is 1. The molecular weight excluding hydrogens is 447 g/mol. The summed E-state index contributed by atoms with van der Waals surface area (Å²) in [5.41, 5.74) is 2.29. The maximum Gasteiger partial charge on any atom is 0.243 e. The number of benzene rings is 2. The van der Waals surface area contributed by atoms with Crippen LogP contribution in [0.1, 0.15) is 17.5 Å². The lowest BCUT2D eigenvalue weighted by Crippen LogP contribution is -2.42. The zero-order chi connectivity index (χ0) is 22.1. The van der Waals surface area contributed by atoms with Crippen LogP contribution in [0.3, 0.4) is 0 Å².